The highest BCUT2D eigenvalue weighted by molar-refractivity contribution is 7.52. The first-order valence-electron chi connectivity index (χ1n) is 7.48. The quantitative estimate of drug-likeness (QED) is 0.668. The van der Waals surface area contributed by atoms with Crippen LogP contribution < -0.4 is 10.1 Å². The van der Waals surface area contributed by atoms with Crippen molar-refractivity contribution in [1.82, 2.24) is 0 Å². The predicted molar refractivity (Wildman–Crippen MR) is 91.8 cm³/mol. The van der Waals surface area contributed by atoms with Crippen LogP contribution in [0.4, 0.5) is 5.69 Å². The van der Waals surface area contributed by atoms with Gasteiger partial charge in [0, 0.05) is 5.69 Å². The van der Waals surface area contributed by atoms with Crippen molar-refractivity contribution in [2.45, 2.75) is 25.5 Å². The van der Waals surface area contributed by atoms with Crippen molar-refractivity contribution in [2.75, 3.05) is 12.4 Å². The van der Waals surface area contributed by atoms with E-state index < -0.39 is 13.4 Å². The van der Waals surface area contributed by atoms with E-state index in [1.54, 1.807) is 24.3 Å². The molecule has 0 radical (unpaired) electrons. The summed E-state index contributed by atoms with van der Waals surface area (Å²) in [6, 6.07) is 14.4. The summed E-state index contributed by atoms with van der Waals surface area (Å²) >= 11 is 0. The van der Waals surface area contributed by atoms with Crippen LogP contribution >= 0.6 is 7.60 Å². The van der Waals surface area contributed by atoms with Crippen molar-refractivity contribution in [3.63, 3.8) is 0 Å². The van der Waals surface area contributed by atoms with Crippen molar-refractivity contribution in [3.05, 3.63) is 59.7 Å². The van der Waals surface area contributed by atoms with Crippen LogP contribution in [0.15, 0.2) is 48.5 Å². The average molecular weight is 335 g/mol. The van der Waals surface area contributed by atoms with Gasteiger partial charge in [-0.1, -0.05) is 37.6 Å². The summed E-state index contributed by atoms with van der Waals surface area (Å²) < 4.78 is 17.0. The van der Waals surface area contributed by atoms with Crippen molar-refractivity contribution >= 4 is 13.3 Å². The molecule has 0 aliphatic rings. The van der Waals surface area contributed by atoms with E-state index >= 15 is 0 Å². The molecule has 0 heterocycles. The summed E-state index contributed by atoms with van der Waals surface area (Å²) in [6.07, 6.45) is 2.04. The summed E-state index contributed by atoms with van der Waals surface area (Å²) in [5, 5.41) is 2.94. The molecule has 3 N–H and O–H groups in total. The Kier molecular flexibility index (Phi) is 5.83. The number of nitrogens with one attached hydrogen (secondary N) is 1. The second kappa shape index (κ2) is 7.64. The van der Waals surface area contributed by atoms with Crippen LogP contribution in [0, 0.1) is 0 Å². The van der Waals surface area contributed by atoms with Crippen LogP contribution in [0.5, 0.6) is 5.75 Å². The van der Waals surface area contributed by atoms with Gasteiger partial charge in [0.1, 0.15) is 5.75 Å². The van der Waals surface area contributed by atoms with Crippen molar-refractivity contribution in [1.29, 1.82) is 0 Å². The van der Waals surface area contributed by atoms with E-state index in [1.807, 2.05) is 24.3 Å². The summed E-state index contributed by atoms with van der Waals surface area (Å²) in [6.45, 7) is 2.11. The predicted octanol–water partition coefficient (Wildman–Crippen LogP) is 3.94. The Morgan fingerprint density at radius 1 is 1.17 bits per heavy atom. The van der Waals surface area contributed by atoms with Gasteiger partial charge in [0.15, 0.2) is 5.78 Å². The molecule has 5 nitrogen and oxygen atoms in total. The third kappa shape index (κ3) is 4.83. The standard InChI is InChI=1S/C17H22NO4P/c1-3-5-13-8-10-15(11-9-13)18-17(23(19,20)21)14-6-4-7-16(12-14)22-2/h4,6-12,17-18H,3,5H2,1-2H3,(H2,19,20,21)/t17-/m1/s1. The molecule has 0 spiro atoms. The second-order valence-corrected chi connectivity index (χ2v) is 7.05. The highest BCUT2D eigenvalue weighted by atomic mass is 31.2. The lowest BCUT2D eigenvalue weighted by Crippen LogP contribution is -2.11. The normalized spacial score (nSPS) is 12.7. The molecule has 0 amide bonds. The van der Waals surface area contributed by atoms with Gasteiger partial charge in [0.25, 0.3) is 0 Å². The van der Waals surface area contributed by atoms with E-state index in [-0.39, 0.29) is 0 Å². The third-order valence-electron chi connectivity index (χ3n) is 3.54. The molecule has 0 aliphatic heterocycles. The van der Waals surface area contributed by atoms with Gasteiger partial charge in [0.05, 0.1) is 7.11 Å². The van der Waals surface area contributed by atoms with Crippen molar-refractivity contribution in [3.8, 4) is 5.75 Å². The molecule has 0 unspecified atom stereocenters. The number of hydrogen-bond acceptors (Lipinski definition) is 3. The summed E-state index contributed by atoms with van der Waals surface area (Å²) in [5.74, 6) is -0.560. The molecule has 0 saturated carbocycles. The smallest absolute Gasteiger partial charge is 0.352 e. The number of hydrogen-bond donors (Lipinski definition) is 3. The number of rotatable bonds is 7. The topological polar surface area (TPSA) is 78.8 Å². The minimum absolute atomic E-state index is 0.482. The van der Waals surface area contributed by atoms with E-state index in [4.69, 9.17) is 4.74 Å². The number of anilines is 1. The number of aryl methyl sites for hydroxylation is 1. The maximum Gasteiger partial charge on any atom is 0.352 e. The molecule has 0 bridgehead atoms. The highest BCUT2D eigenvalue weighted by Crippen LogP contribution is 2.52. The van der Waals surface area contributed by atoms with E-state index in [2.05, 4.69) is 12.2 Å². The van der Waals surface area contributed by atoms with Crippen LogP contribution in [-0.2, 0) is 11.0 Å². The van der Waals surface area contributed by atoms with E-state index in [1.165, 1.54) is 12.7 Å². The molecule has 6 heteroatoms. The Labute approximate surface area is 136 Å². The van der Waals surface area contributed by atoms with Crippen LogP contribution in [0.3, 0.4) is 0 Å². The van der Waals surface area contributed by atoms with Gasteiger partial charge in [-0.05, 0) is 41.8 Å². The molecule has 0 fully saturated rings. The van der Waals surface area contributed by atoms with Crippen molar-refractivity contribution < 1.29 is 19.1 Å². The lowest BCUT2D eigenvalue weighted by molar-refractivity contribution is 0.362. The van der Waals surface area contributed by atoms with E-state index in [9.17, 15) is 14.4 Å². The molecular formula is C17H22NO4P. The Hall–Kier alpha value is -1.81. The van der Waals surface area contributed by atoms with E-state index in [0.717, 1.165) is 12.8 Å². The molecule has 0 saturated heterocycles. The average Bonchev–Trinajstić information content (AvgIpc) is 2.53. The highest BCUT2D eigenvalue weighted by Gasteiger charge is 2.30. The molecule has 2 rings (SSSR count). The Bertz CT molecular complexity index is 681. The summed E-state index contributed by atoms with van der Waals surface area (Å²) in [5.41, 5.74) is 2.35. The van der Waals surface area contributed by atoms with Gasteiger partial charge in [-0.15, -0.1) is 0 Å². The third-order valence-corrected chi connectivity index (χ3v) is 4.64. The lowest BCUT2D eigenvalue weighted by atomic mass is 10.1. The lowest BCUT2D eigenvalue weighted by Gasteiger charge is -2.22. The first-order valence-corrected chi connectivity index (χ1v) is 9.17. The van der Waals surface area contributed by atoms with Gasteiger partial charge in [-0.25, -0.2) is 0 Å². The minimum Gasteiger partial charge on any atom is -0.497 e. The van der Waals surface area contributed by atoms with Gasteiger partial charge in [-0.2, -0.15) is 0 Å². The monoisotopic (exact) mass is 335 g/mol. The molecule has 2 aromatic rings. The Morgan fingerprint density at radius 2 is 1.87 bits per heavy atom. The maximum atomic E-state index is 11.9. The molecule has 2 aromatic carbocycles. The van der Waals surface area contributed by atoms with Crippen LogP contribution in [0.1, 0.15) is 30.3 Å². The molecule has 23 heavy (non-hydrogen) atoms. The van der Waals surface area contributed by atoms with Gasteiger partial charge in [-0.3, -0.25) is 4.57 Å². The fraction of sp³-hybridized carbons (Fsp3) is 0.294. The molecule has 0 aromatic heterocycles. The van der Waals surface area contributed by atoms with Gasteiger partial charge >= 0.3 is 7.60 Å². The maximum absolute atomic E-state index is 11.9. The molecule has 124 valence electrons. The summed E-state index contributed by atoms with van der Waals surface area (Å²) in [7, 11) is -2.87. The van der Waals surface area contributed by atoms with E-state index in [0.29, 0.717) is 17.0 Å². The molecular weight excluding hydrogens is 313 g/mol. The largest absolute Gasteiger partial charge is 0.497 e. The first-order chi connectivity index (χ1) is 10.9. The number of benzene rings is 2. The molecule has 0 aliphatic carbocycles. The van der Waals surface area contributed by atoms with Crippen LogP contribution in [-0.4, -0.2) is 16.9 Å². The fourth-order valence-electron chi connectivity index (χ4n) is 2.39. The zero-order valence-corrected chi connectivity index (χ0v) is 14.2. The van der Waals surface area contributed by atoms with Gasteiger partial charge < -0.3 is 19.8 Å². The number of methoxy groups -OCH3 is 1. The Balaban J connectivity index is 2.27. The first kappa shape index (κ1) is 17.5. The minimum atomic E-state index is -4.38. The van der Waals surface area contributed by atoms with Crippen molar-refractivity contribution in [2.24, 2.45) is 0 Å². The second-order valence-electron chi connectivity index (χ2n) is 5.36. The SMILES string of the molecule is CCCc1ccc(N[C@@H](c2cccc(OC)c2)P(=O)(O)O)cc1. The zero-order valence-electron chi connectivity index (χ0n) is 13.3. The fourth-order valence-corrected chi connectivity index (χ4v) is 3.25. The Morgan fingerprint density at radius 3 is 2.43 bits per heavy atom. The molecule has 1 atom stereocenters. The van der Waals surface area contributed by atoms with Crippen LogP contribution in [0.25, 0.3) is 0 Å². The zero-order chi connectivity index (χ0) is 16.9. The number of ether oxygens (including phenoxy) is 1. The summed E-state index contributed by atoms with van der Waals surface area (Å²) in [4.78, 5) is 19.4. The van der Waals surface area contributed by atoms with Crippen LogP contribution in [0.2, 0.25) is 0 Å². The van der Waals surface area contributed by atoms with Gasteiger partial charge in [0.2, 0.25) is 0 Å².